The van der Waals surface area contributed by atoms with Gasteiger partial charge in [0, 0.05) is 24.5 Å². The monoisotopic (exact) mass is 233 g/mol. The maximum Gasteiger partial charge on any atom is 0.156 e. The smallest absolute Gasteiger partial charge is 0.156 e. The van der Waals surface area contributed by atoms with Gasteiger partial charge in [-0.05, 0) is 31.5 Å². The molecule has 92 valence electrons. The molecule has 0 saturated carbocycles. The summed E-state index contributed by atoms with van der Waals surface area (Å²) in [7, 11) is 0. The highest BCUT2D eigenvalue weighted by Crippen LogP contribution is 2.13. The van der Waals surface area contributed by atoms with E-state index in [1.165, 1.54) is 5.56 Å². The Labute approximate surface area is 102 Å². The molecule has 0 fully saturated rings. The summed E-state index contributed by atoms with van der Waals surface area (Å²) in [4.78, 5) is 0. The van der Waals surface area contributed by atoms with Gasteiger partial charge in [-0.3, -0.25) is 0 Å². The summed E-state index contributed by atoms with van der Waals surface area (Å²) < 4.78 is 7.20. The van der Waals surface area contributed by atoms with Crippen LogP contribution in [0.25, 0.3) is 0 Å². The molecule has 0 bridgehead atoms. The topological polar surface area (TPSA) is 43.0 Å². The number of nitrogens with zero attached hydrogens (tertiary/aromatic N) is 2. The van der Waals surface area contributed by atoms with E-state index < -0.39 is 0 Å². The quantitative estimate of drug-likeness (QED) is 0.834. The molecular formula is C13H19N3O. The fourth-order valence-corrected chi connectivity index (χ4v) is 1.80. The number of aromatic nitrogens is 2. The second-order valence-electron chi connectivity index (χ2n) is 4.27. The van der Waals surface area contributed by atoms with Crippen LogP contribution in [0, 0.1) is 0 Å². The van der Waals surface area contributed by atoms with Crippen molar-refractivity contribution >= 4 is 0 Å². The Morgan fingerprint density at radius 2 is 2.35 bits per heavy atom. The second-order valence-corrected chi connectivity index (χ2v) is 4.27. The molecule has 2 heterocycles. The van der Waals surface area contributed by atoms with Gasteiger partial charge in [0.15, 0.2) is 5.76 Å². The van der Waals surface area contributed by atoms with E-state index in [4.69, 9.17) is 4.52 Å². The van der Waals surface area contributed by atoms with E-state index in [0.29, 0.717) is 6.04 Å². The van der Waals surface area contributed by atoms with Crippen LogP contribution in [-0.4, -0.2) is 16.3 Å². The van der Waals surface area contributed by atoms with E-state index in [2.05, 4.69) is 47.3 Å². The molecule has 17 heavy (non-hydrogen) atoms. The first-order valence-electron chi connectivity index (χ1n) is 6.08. The molecule has 0 aliphatic rings. The predicted octanol–water partition coefficient (Wildman–Crippen LogP) is 2.59. The Morgan fingerprint density at radius 3 is 3.06 bits per heavy atom. The van der Waals surface area contributed by atoms with E-state index in [1.807, 2.05) is 6.07 Å². The maximum atomic E-state index is 5.09. The fraction of sp³-hybridized carbons (Fsp3) is 0.462. The lowest BCUT2D eigenvalue weighted by Gasteiger charge is -2.10. The molecule has 0 saturated heterocycles. The Morgan fingerprint density at radius 1 is 1.47 bits per heavy atom. The van der Waals surface area contributed by atoms with Crippen molar-refractivity contribution in [3.63, 3.8) is 0 Å². The average Bonchev–Trinajstić information content (AvgIpc) is 2.98. The standard InChI is InChI=1S/C13H19N3O/c1-3-6-14-11(2)12-5-8-16(9-12)10-13-4-7-15-17-13/h4-5,7-9,11,14H,3,6,10H2,1-2H3. The minimum Gasteiger partial charge on any atom is -0.359 e. The van der Waals surface area contributed by atoms with Gasteiger partial charge in [-0.2, -0.15) is 0 Å². The third kappa shape index (κ3) is 3.20. The third-order valence-electron chi connectivity index (χ3n) is 2.80. The summed E-state index contributed by atoms with van der Waals surface area (Å²) in [6, 6.07) is 4.42. The lowest BCUT2D eigenvalue weighted by Crippen LogP contribution is -2.18. The van der Waals surface area contributed by atoms with Crippen molar-refractivity contribution in [3.8, 4) is 0 Å². The summed E-state index contributed by atoms with van der Waals surface area (Å²) in [5.41, 5.74) is 1.30. The van der Waals surface area contributed by atoms with E-state index in [1.54, 1.807) is 6.20 Å². The van der Waals surface area contributed by atoms with Crippen LogP contribution in [0.4, 0.5) is 0 Å². The van der Waals surface area contributed by atoms with E-state index in [0.717, 1.165) is 25.3 Å². The van der Waals surface area contributed by atoms with Crippen LogP contribution in [0.5, 0.6) is 0 Å². The maximum absolute atomic E-state index is 5.09. The zero-order valence-corrected chi connectivity index (χ0v) is 10.4. The van der Waals surface area contributed by atoms with E-state index in [-0.39, 0.29) is 0 Å². The molecule has 0 radical (unpaired) electrons. The third-order valence-corrected chi connectivity index (χ3v) is 2.80. The van der Waals surface area contributed by atoms with Gasteiger partial charge in [-0.25, -0.2) is 0 Å². The van der Waals surface area contributed by atoms with E-state index >= 15 is 0 Å². The SMILES string of the molecule is CCCNC(C)c1ccn(Cc2ccno2)c1. The minimum absolute atomic E-state index is 0.394. The van der Waals surface area contributed by atoms with E-state index in [9.17, 15) is 0 Å². The van der Waals surface area contributed by atoms with Crippen molar-refractivity contribution in [2.75, 3.05) is 6.54 Å². The molecule has 2 aromatic heterocycles. The lowest BCUT2D eigenvalue weighted by molar-refractivity contribution is 0.376. The normalized spacial score (nSPS) is 12.8. The largest absolute Gasteiger partial charge is 0.359 e. The highest BCUT2D eigenvalue weighted by atomic mass is 16.5. The molecule has 0 aliphatic heterocycles. The first-order chi connectivity index (χ1) is 8.29. The molecule has 4 heteroatoms. The summed E-state index contributed by atoms with van der Waals surface area (Å²) in [6.45, 7) is 6.15. The molecular weight excluding hydrogens is 214 g/mol. The summed E-state index contributed by atoms with van der Waals surface area (Å²) >= 11 is 0. The van der Waals surface area contributed by atoms with Gasteiger partial charge < -0.3 is 14.4 Å². The van der Waals surface area contributed by atoms with Crippen LogP contribution < -0.4 is 5.32 Å². The van der Waals surface area contributed by atoms with Crippen molar-refractivity contribution in [2.45, 2.75) is 32.9 Å². The molecule has 0 spiro atoms. The Kier molecular flexibility index (Phi) is 3.98. The van der Waals surface area contributed by atoms with Gasteiger partial charge in [-0.1, -0.05) is 12.1 Å². The van der Waals surface area contributed by atoms with Crippen molar-refractivity contribution in [3.05, 3.63) is 42.0 Å². The van der Waals surface area contributed by atoms with Crippen LogP contribution in [0.2, 0.25) is 0 Å². The van der Waals surface area contributed by atoms with Crippen LogP contribution in [-0.2, 0) is 6.54 Å². The van der Waals surface area contributed by atoms with Gasteiger partial charge in [0.1, 0.15) is 0 Å². The minimum atomic E-state index is 0.394. The first kappa shape index (κ1) is 11.9. The molecule has 0 aromatic carbocycles. The van der Waals surface area contributed by atoms with Gasteiger partial charge in [-0.15, -0.1) is 0 Å². The molecule has 2 aromatic rings. The zero-order valence-electron chi connectivity index (χ0n) is 10.4. The number of hydrogen-bond donors (Lipinski definition) is 1. The Balaban J connectivity index is 1.95. The zero-order chi connectivity index (χ0) is 12.1. The van der Waals surface area contributed by atoms with Crippen LogP contribution >= 0.6 is 0 Å². The van der Waals surface area contributed by atoms with Crippen molar-refractivity contribution < 1.29 is 4.52 Å². The van der Waals surface area contributed by atoms with Gasteiger partial charge in [0.25, 0.3) is 0 Å². The van der Waals surface area contributed by atoms with Gasteiger partial charge in [0.2, 0.25) is 0 Å². The molecule has 1 atom stereocenters. The highest BCUT2D eigenvalue weighted by Gasteiger charge is 2.06. The molecule has 2 rings (SSSR count). The number of rotatable bonds is 6. The average molecular weight is 233 g/mol. The summed E-state index contributed by atoms with van der Waals surface area (Å²) in [6.07, 6.45) is 7.05. The Hall–Kier alpha value is -1.55. The fourth-order valence-electron chi connectivity index (χ4n) is 1.80. The number of hydrogen-bond acceptors (Lipinski definition) is 3. The second kappa shape index (κ2) is 5.68. The van der Waals surface area contributed by atoms with Crippen LogP contribution in [0.1, 0.15) is 37.6 Å². The van der Waals surface area contributed by atoms with Gasteiger partial charge >= 0.3 is 0 Å². The Bertz CT molecular complexity index is 433. The highest BCUT2D eigenvalue weighted by molar-refractivity contribution is 5.15. The predicted molar refractivity (Wildman–Crippen MR) is 66.7 cm³/mol. The number of nitrogens with one attached hydrogen (secondary N) is 1. The van der Waals surface area contributed by atoms with Crippen molar-refractivity contribution in [2.24, 2.45) is 0 Å². The molecule has 0 aliphatic carbocycles. The van der Waals surface area contributed by atoms with Crippen molar-refractivity contribution in [1.29, 1.82) is 0 Å². The summed E-state index contributed by atoms with van der Waals surface area (Å²) in [5, 5.41) is 7.17. The molecule has 4 nitrogen and oxygen atoms in total. The lowest BCUT2D eigenvalue weighted by atomic mass is 10.2. The van der Waals surface area contributed by atoms with Crippen LogP contribution in [0.3, 0.4) is 0 Å². The summed E-state index contributed by atoms with van der Waals surface area (Å²) in [5.74, 6) is 0.876. The van der Waals surface area contributed by atoms with Crippen LogP contribution in [0.15, 0.2) is 35.2 Å². The molecule has 1 N–H and O–H groups in total. The van der Waals surface area contributed by atoms with Crippen molar-refractivity contribution in [1.82, 2.24) is 15.0 Å². The molecule has 1 unspecified atom stereocenters. The first-order valence-corrected chi connectivity index (χ1v) is 6.08. The van der Waals surface area contributed by atoms with Gasteiger partial charge in [0.05, 0.1) is 12.7 Å². The molecule has 0 amide bonds.